The van der Waals surface area contributed by atoms with E-state index in [1.807, 2.05) is 61.9 Å². The van der Waals surface area contributed by atoms with Gasteiger partial charge in [0.2, 0.25) is 11.8 Å². The maximum absolute atomic E-state index is 12.4. The highest BCUT2D eigenvalue weighted by molar-refractivity contribution is 5.86. The fraction of sp³-hybridized carbons (Fsp3) is 0.571. The predicted octanol–water partition coefficient (Wildman–Crippen LogP) is 0.889. The summed E-state index contributed by atoms with van der Waals surface area (Å²) in [5.41, 5.74) is 2.12. The lowest BCUT2D eigenvalue weighted by Crippen LogP contribution is -2.47. The second-order valence-electron chi connectivity index (χ2n) is 7.03. The van der Waals surface area contributed by atoms with E-state index in [2.05, 4.69) is 20.5 Å². The molecule has 1 fully saturated rings. The first-order valence-corrected chi connectivity index (χ1v) is 10.4. The molecule has 1 heterocycles. The highest BCUT2D eigenvalue weighted by Crippen LogP contribution is 2.16. The van der Waals surface area contributed by atoms with E-state index in [0.29, 0.717) is 45.2 Å². The smallest absolute Gasteiger partial charge is 0.242 e. The van der Waals surface area contributed by atoms with Crippen molar-refractivity contribution in [3.8, 4) is 0 Å². The van der Waals surface area contributed by atoms with Gasteiger partial charge in [-0.2, -0.15) is 0 Å². The van der Waals surface area contributed by atoms with Crippen LogP contribution in [0, 0.1) is 0 Å². The Kier molecular flexibility index (Phi) is 8.76. The fourth-order valence-electron chi connectivity index (χ4n) is 3.26. The van der Waals surface area contributed by atoms with Gasteiger partial charge in [0.05, 0.1) is 19.6 Å². The lowest BCUT2D eigenvalue weighted by Gasteiger charge is -2.28. The number of carbonyl (C=O) groups excluding carboxylic acids is 2. The summed E-state index contributed by atoms with van der Waals surface area (Å²) in [5, 5.41) is 6.09. The predicted molar refractivity (Wildman–Crippen MR) is 117 cm³/mol. The van der Waals surface area contributed by atoms with Crippen LogP contribution in [0.3, 0.4) is 0 Å². The molecule has 0 radical (unpaired) electrons. The van der Waals surface area contributed by atoms with Gasteiger partial charge in [-0.1, -0.05) is 12.1 Å². The molecule has 2 rings (SSSR count). The number of nitrogens with zero attached hydrogens (tertiary/aromatic N) is 4. The Hall–Kier alpha value is -2.77. The summed E-state index contributed by atoms with van der Waals surface area (Å²) >= 11 is 0. The van der Waals surface area contributed by atoms with E-state index in [-0.39, 0.29) is 11.8 Å². The van der Waals surface area contributed by atoms with Gasteiger partial charge >= 0.3 is 0 Å². The van der Waals surface area contributed by atoms with Crippen molar-refractivity contribution in [2.45, 2.75) is 27.3 Å². The SMILES string of the molecule is CCNC(=NCc1ccc(N2CCNC(=O)C2)cc1)N(C)CC(=O)N(CC)CC. The van der Waals surface area contributed by atoms with Gasteiger partial charge in [-0.25, -0.2) is 4.99 Å². The van der Waals surface area contributed by atoms with Crippen LogP contribution in [-0.4, -0.2) is 80.4 Å². The summed E-state index contributed by atoms with van der Waals surface area (Å²) in [6.07, 6.45) is 0. The van der Waals surface area contributed by atoms with Crippen LogP contribution in [0.4, 0.5) is 5.69 Å². The van der Waals surface area contributed by atoms with Crippen molar-refractivity contribution >= 4 is 23.5 Å². The van der Waals surface area contributed by atoms with Gasteiger partial charge in [-0.05, 0) is 38.5 Å². The number of piperazine rings is 1. The first-order chi connectivity index (χ1) is 14.0. The van der Waals surface area contributed by atoms with Crippen LogP contribution >= 0.6 is 0 Å². The number of guanidine groups is 1. The summed E-state index contributed by atoms with van der Waals surface area (Å²) in [6.45, 7) is 10.8. The van der Waals surface area contributed by atoms with E-state index in [1.54, 1.807) is 0 Å². The summed E-state index contributed by atoms with van der Waals surface area (Å²) in [4.78, 5) is 34.4. The van der Waals surface area contributed by atoms with Crippen LogP contribution in [0.5, 0.6) is 0 Å². The van der Waals surface area contributed by atoms with Crippen LogP contribution < -0.4 is 15.5 Å². The highest BCUT2D eigenvalue weighted by atomic mass is 16.2. The Bertz CT molecular complexity index is 700. The third kappa shape index (κ3) is 6.66. The van der Waals surface area contributed by atoms with Crippen molar-refractivity contribution in [3.63, 3.8) is 0 Å². The fourth-order valence-corrected chi connectivity index (χ4v) is 3.26. The number of benzene rings is 1. The molecule has 0 unspecified atom stereocenters. The molecule has 1 aliphatic rings. The summed E-state index contributed by atoms with van der Waals surface area (Å²) in [6, 6.07) is 8.14. The van der Waals surface area contributed by atoms with E-state index in [4.69, 9.17) is 0 Å². The Morgan fingerprint density at radius 2 is 1.90 bits per heavy atom. The molecular weight excluding hydrogens is 368 g/mol. The van der Waals surface area contributed by atoms with E-state index >= 15 is 0 Å². The number of aliphatic imine (C=N–C) groups is 1. The van der Waals surface area contributed by atoms with Gasteiger partial charge in [0, 0.05) is 45.5 Å². The van der Waals surface area contributed by atoms with Gasteiger partial charge in [0.15, 0.2) is 5.96 Å². The number of carbonyl (C=O) groups is 2. The molecule has 29 heavy (non-hydrogen) atoms. The van der Waals surface area contributed by atoms with Crippen molar-refractivity contribution in [1.82, 2.24) is 20.4 Å². The topological polar surface area (TPSA) is 80.3 Å². The Balaban J connectivity index is 2.00. The Morgan fingerprint density at radius 1 is 1.21 bits per heavy atom. The quantitative estimate of drug-likeness (QED) is 0.499. The summed E-state index contributed by atoms with van der Waals surface area (Å²) in [7, 11) is 1.88. The molecule has 2 amide bonds. The van der Waals surface area contributed by atoms with E-state index < -0.39 is 0 Å². The van der Waals surface area contributed by atoms with E-state index in [1.165, 1.54) is 0 Å². The molecule has 160 valence electrons. The number of hydrogen-bond donors (Lipinski definition) is 2. The van der Waals surface area contributed by atoms with Crippen LogP contribution in [0.15, 0.2) is 29.3 Å². The zero-order chi connectivity index (χ0) is 21.2. The van der Waals surface area contributed by atoms with Gasteiger partial charge < -0.3 is 25.3 Å². The minimum atomic E-state index is 0.0579. The van der Waals surface area contributed by atoms with Crippen LogP contribution in [0.25, 0.3) is 0 Å². The molecule has 8 nitrogen and oxygen atoms in total. The van der Waals surface area contributed by atoms with Crippen LogP contribution in [0.2, 0.25) is 0 Å². The third-order valence-corrected chi connectivity index (χ3v) is 4.94. The molecule has 8 heteroatoms. The molecule has 0 bridgehead atoms. The highest BCUT2D eigenvalue weighted by Gasteiger charge is 2.17. The number of amides is 2. The molecule has 0 saturated carbocycles. The molecule has 0 spiro atoms. The minimum absolute atomic E-state index is 0.0579. The van der Waals surface area contributed by atoms with Crippen LogP contribution in [-0.2, 0) is 16.1 Å². The van der Waals surface area contributed by atoms with Crippen molar-refractivity contribution in [2.75, 3.05) is 57.8 Å². The molecule has 0 atom stereocenters. The largest absolute Gasteiger partial charge is 0.360 e. The molecule has 1 aromatic rings. The average molecular weight is 403 g/mol. The number of hydrogen-bond acceptors (Lipinski definition) is 4. The number of rotatable bonds is 8. The van der Waals surface area contributed by atoms with E-state index in [9.17, 15) is 9.59 Å². The molecule has 1 saturated heterocycles. The Morgan fingerprint density at radius 3 is 2.48 bits per heavy atom. The number of anilines is 1. The molecule has 0 aromatic heterocycles. The Labute approximate surface area is 173 Å². The normalized spacial score (nSPS) is 14.4. The maximum atomic E-state index is 12.4. The van der Waals surface area contributed by atoms with Crippen molar-refractivity contribution in [2.24, 2.45) is 4.99 Å². The maximum Gasteiger partial charge on any atom is 0.242 e. The van der Waals surface area contributed by atoms with Crippen molar-refractivity contribution in [3.05, 3.63) is 29.8 Å². The second-order valence-corrected chi connectivity index (χ2v) is 7.03. The van der Waals surface area contributed by atoms with Gasteiger partial charge in [-0.3, -0.25) is 9.59 Å². The van der Waals surface area contributed by atoms with Gasteiger partial charge in [0.1, 0.15) is 0 Å². The molecule has 2 N–H and O–H groups in total. The zero-order valence-electron chi connectivity index (χ0n) is 18.1. The third-order valence-electron chi connectivity index (χ3n) is 4.94. The van der Waals surface area contributed by atoms with Gasteiger partial charge in [0.25, 0.3) is 0 Å². The number of nitrogens with one attached hydrogen (secondary N) is 2. The summed E-state index contributed by atoms with van der Waals surface area (Å²) < 4.78 is 0. The standard InChI is InChI=1S/C21H34N6O2/c1-5-22-21(25(4)16-20(29)26(6-2)7-3)24-14-17-8-10-18(11-9-17)27-13-12-23-19(28)15-27/h8-11H,5-7,12-16H2,1-4H3,(H,22,24)(H,23,28). The first kappa shape index (κ1) is 22.5. The average Bonchev–Trinajstić information content (AvgIpc) is 2.72. The summed E-state index contributed by atoms with van der Waals surface area (Å²) in [5.74, 6) is 0.866. The van der Waals surface area contributed by atoms with Crippen molar-refractivity contribution < 1.29 is 9.59 Å². The second kappa shape index (κ2) is 11.3. The molecule has 1 aliphatic heterocycles. The molecular formula is C21H34N6O2. The number of likely N-dealkylation sites (N-methyl/N-ethyl adjacent to an activating group) is 2. The van der Waals surface area contributed by atoms with Crippen LogP contribution in [0.1, 0.15) is 26.3 Å². The van der Waals surface area contributed by atoms with Gasteiger partial charge in [-0.15, -0.1) is 0 Å². The lowest BCUT2D eigenvalue weighted by molar-refractivity contribution is -0.131. The van der Waals surface area contributed by atoms with Crippen molar-refractivity contribution in [1.29, 1.82) is 0 Å². The first-order valence-electron chi connectivity index (χ1n) is 10.4. The molecule has 1 aromatic carbocycles. The monoisotopic (exact) mass is 402 g/mol. The minimum Gasteiger partial charge on any atom is -0.360 e. The lowest BCUT2D eigenvalue weighted by atomic mass is 10.2. The van der Waals surface area contributed by atoms with E-state index in [0.717, 1.165) is 24.3 Å². The molecule has 0 aliphatic carbocycles. The zero-order valence-corrected chi connectivity index (χ0v) is 18.1.